The molecule has 6 heteroatoms. The van der Waals surface area contributed by atoms with Crippen molar-refractivity contribution in [1.29, 1.82) is 0 Å². The number of hydrogen-bond acceptors (Lipinski definition) is 3. The second kappa shape index (κ2) is 8.02. The van der Waals surface area contributed by atoms with Crippen molar-refractivity contribution in [2.45, 2.75) is 32.5 Å². The van der Waals surface area contributed by atoms with Crippen LogP contribution in [-0.2, 0) is 22.5 Å². The van der Waals surface area contributed by atoms with Crippen LogP contribution in [0.3, 0.4) is 0 Å². The lowest BCUT2D eigenvalue weighted by Crippen LogP contribution is -2.34. The van der Waals surface area contributed by atoms with Gasteiger partial charge in [0.15, 0.2) is 0 Å². The van der Waals surface area contributed by atoms with E-state index in [4.69, 9.17) is 0 Å². The molecule has 118 valence electrons. The first-order valence-corrected chi connectivity index (χ1v) is 6.78. The number of methoxy groups -OCH3 is 1. The van der Waals surface area contributed by atoms with Gasteiger partial charge in [0.1, 0.15) is 0 Å². The first kappa shape index (κ1) is 17.5. The van der Waals surface area contributed by atoms with Gasteiger partial charge in [-0.25, -0.2) is 0 Å². The van der Waals surface area contributed by atoms with Crippen LogP contribution in [-0.4, -0.2) is 37.2 Å². The molecule has 3 nitrogen and oxygen atoms in total. The second-order valence-electron chi connectivity index (χ2n) is 4.85. The molecule has 0 aromatic heterocycles. The fourth-order valence-corrected chi connectivity index (χ4v) is 2.14. The standard InChI is InChI=1S/C15H20F3NO2/c1-3-8-19(11-15(16,17)18)10-13-7-5-4-6-12(13)9-14(20)21-2/h4-7H,3,8-11H2,1-2H3. The summed E-state index contributed by atoms with van der Waals surface area (Å²) in [6.07, 6.45) is -3.53. The Kier molecular flexibility index (Phi) is 6.68. The number of halogens is 3. The summed E-state index contributed by atoms with van der Waals surface area (Å²) in [5, 5.41) is 0. The average Bonchev–Trinajstić information content (AvgIpc) is 2.39. The molecule has 0 atom stereocenters. The average molecular weight is 303 g/mol. The Hall–Kier alpha value is -1.56. The van der Waals surface area contributed by atoms with Crippen LogP contribution in [0, 0.1) is 0 Å². The van der Waals surface area contributed by atoms with E-state index in [1.54, 1.807) is 24.3 Å². The zero-order chi connectivity index (χ0) is 15.9. The first-order chi connectivity index (χ1) is 9.85. The molecule has 1 aromatic rings. The van der Waals surface area contributed by atoms with Gasteiger partial charge in [-0.05, 0) is 24.1 Å². The molecule has 0 unspecified atom stereocenters. The van der Waals surface area contributed by atoms with E-state index in [-0.39, 0.29) is 13.0 Å². The van der Waals surface area contributed by atoms with Crippen molar-refractivity contribution in [2.75, 3.05) is 20.2 Å². The topological polar surface area (TPSA) is 29.5 Å². The second-order valence-corrected chi connectivity index (χ2v) is 4.85. The van der Waals surface area contributed by atoms with Crippen molar-refractivity contribution < 1.29 is 22.7 Å². The number of benzene rings is 1. The van der Waals surface area contributed by atoms with Crippen molar-refractivity contribution in [3.05, 3.63) is 35.4 Å². The Labute approximate surface area is 122 Å². The predicted molar refractivity (Wildman–Crippen MR) is 73.8 cm³/mol. The molecule has 21 heavy (non-hydrogen) atoms. The highest BCUT2D eigenvalue weighted by molar-refractivity contribution is 5.72. The largest absolute Gasteiger partial charge is 0.469 e. The minimum Gasteiger partial charge on any atom is -0.469 e. The Morgan fingerprint density at radius 2 is 1.86 bits per heavy atom. The molecule has 0 aliphatic heterocycles. The van der Waals surface area contributed by atoms with Gasteiger partial charge < -0.3 is 4.74 Å². The van der Waals surface area contributed by atoms with Crippen LogP contribution in [0.5, 0.6) is 0 Å². The summed E-state index contributed by atoms with van der Waals surface area (Å²) in [6.45, 7) is 1.41. The monoisotopic (exact) mass is 303 g/mol. The van der Waals surface area contributed by atoms with Crippen molar-refractivity contribution >= 4 is 5.97 Å². The van der Waals surface area contributed by atoms with Crippen LogP contribution >= 0.6 is 0 Å². The minimum atomic E-state index is -4.23. The zero-order valence-corrected chi connectivity index (χ0v) is 12.2. The highest BCUT2D eigenvalue weighted by Gasteiger charge is 2.30. The fraction of sp³-hybridized carbons (Fsp3) is 0.533. The highest BCUT2D eigenvalue weighted by atomic mass is 19.4. The van der Waals surface area contributed by atoms with Gasteiger partial charge in [-0.1, -0.05) is 31.2 Å². The smallest absolute Gasteiger partial charge is 0.401 e. The minimum absolute atomic E-state index is 0.0681. The molecule has 0 heterocycles. The molecule has 0 amide bonds. The summed E-state index contributed by atoms with van der Waals surface area (Å²) in [4.78, 5) is 12.7. The third-order valence-corrected chi connectivity index (χ3v) is 3.02. The molecular formula is C15H20F3NO2. The molecule has 0 aliphatic carbocycles. The van der Waals surface area contributed by atoms with E-state index < -0.39 is 18.7 Å². The van der Waals surface area contributed by atoms with Crippen molar-refractivity contribution in [1.82, 2.24) is 4.90 Å². The highest BCUT2D eigenvalue weighted by Crippen LogP contribution is 2.20. The maximum atomic E-state index is 12.6. The number of carbonyl (C=O) groups excluding carboxylic acids is 1. The van der Waals surface area contributed by atoms with Gasteiger partial charge in [-0.15, -0.1) is 0 Å². The number of ether oxygens (including phenoxy) is 1. The molecule has 0 fully saturated rings. The summed E-state index contributed by atoms with van der Waals surface area (Å²) in [5.74, 6) is -0.402. The van der Waals surface area contributed by atoms with Crippen molar-refractivity contribution in [2.24, 2.45) is 0 Å². The van der Waals surface area contributed by atoms with Gasteiger partial charge in [0, 0.05) is 6.54 Å². The molecule has 0 aliphatic rings. The van der Waals surface area contributed by atoms with Crippen LogP contribution in [0.4, 0.5) is 13.2 Å². The summed E-state index contributed by atoms with van der Waals surface area (Å²) in [6, 6.07) is 7.00. The van der Waals surface area contributed by atoms with Crippen LogP contribution in [0.1, 0.15) is 24.5 Å². The van der Waals surface area contributed by atoms with Gasteiger partial charge in [-0.2, -0.15) is 13.2 Å². The maximum absolute atomic E-state index is 12.6. The first-order valence-electron chi connectivity index (χ1n) is 6.78. The Morgan fingerprint density at radius 3 is 2.38 bits per heavy atom. The summed E-state index contributed by atoms with van der Waals surface area (Å²) >= 11 is 0. The zero-order valence-electron chi connectivity index (χ0n) is 12.2. The van der Waals surface area contributed by atoms with Gasteiger partial charge in [0.05, 0.1) is 20.1 Å². The van der Waals surface area contributed by atoms with E-state index in [9.17, 15) is 18.0 Å². The molecule has 1 rings (SSSR count). The summed E-state index contributed by atoms with van der Waals surface area (Å²) < 4.78 is 42.4. The van der Waals surface area contributed by atoms with Crippen LogP contribution in [0.2, 0.25) is 0 Å². The van der Waals surface area contributed by atoms with Gasteiger partial charge >= 0.3 is 12.1 Å². The third kappa shape index (κ3) is 6.62. The van der Waals surface area contributed by atoms with Gasteiger partial charge in [0.25, 0.3) is 0 Å². The number of esters is 1. The Balaban J connectivity index is 2.85. The summed E-state index contributed by atoms with van der Waals surface area (Å²) in [7, 11) is 1.29. The molecular weight excluding hydrogens is 283 g/mol. The number of hydrogen-bond donors (Lipinski definition) is 0. The predicted octanol–water partition coefficient (Wildman–Crippen LogP) is 3.18. The van der Waals surface area contributed by atoms with Crippen molar-refractivity contribution in [3.63, 3.8) is 0 Å². The molecule has 1 aromatic carbocycles. The molecule has 0 spiro atoms. The van der Waals surface area contributed by atoms with Crippen LogP contribution < -0.4 is 0 Å². The summed E-state index contributed by atoms with van der Waals surface area (Å²) in [5.41, 5.74) is 1.42. The SMILES string of the molecule is CCCN(Cc1ccccc1CC(=O)OC)CC(F)(F)F. The normalized spacial score (nSPS) is 11.7. The quantitative estimate of drug-likeness (QED) is 0.725. The molecule has 0 saturated heterocycles. The van der Waals surface area contributed by atoms with E-state index in [2.05, 4.69) is 4.74 Å². The third-order valence-electron chi connectivity index (χ3n) is 3.02. The molecule has 0 bridgehead atoms. The maximum Gasteiger partial charge on any atom is 0.401 e. The lowest BCUT2D eigenvalue weighted by atomic mass is 10.0. The molecule has 0 saturated carbocycles. The molecule has 0 radical (unpaired) electrons. The number of carbonyl (C=O) groups is 1. The van der Waals surface area contributed by atoms with Crippen LogP contribution in [0.25, 0.3) is 0 Å². The number of nitrogens with zero attached hydrogens (tertiary/aromatic N) is 1. The number of alkyl halides is 3. The fourth-order valence-electron chi connectivity index (χ4n) is 2.14. The van der Waals surface area contributed by atoms with E-state index in [1.165, 1.54) is 12.0 Å². The van der Waals surface area contributed by atoms with Gasteiger partial charge in [0.2, 0.25) is 0 Å². The van der Waals surface area contributed by atoms with Crippen LogP contribution in [0.15, 0.2) is 24.3 Å². The van der Waals surface area contributed by atoms with Gasteiger partial charge in [-0.3, -0.25) is 9.69 Å². The Bertz CT molecular complexity index is 460. The van der Waals surface area contributed by atoms with E-state index in [0.717, 1.165) is 5.56 Å². The van der Waals surface area contributed by atoms with E-state index >= 15 is 0 Å². The Morgan fingerprint density at radius 1 is 1.24 bits per heavy atom. The van der Waals surface area contributed by atoms with E-state index in [1.807, 2.05) is 6.92 Å². The van der Waals surface area contributed by atoms with E-state index in [0.29, 0.717) is 18.5 Å². The lowest BCUT2D eigenvalue weighted by molar-refractivity contribution is -0.147. The number of rotatable bonds is 7. The van der Waals surface area contributed by atoms with Crippen molar-refractivity contribution in [3.8, 4) is 0 Å². The molecule has 0 N–H and O–H groups in total. The lowest BCUT2D eigenvalue weighted by Gasteiger charge is -2.24.